The number of nitrogens with one attached hydrogen (secondary N) is 1. The second kappa shape index (κ2) is 8.31. The summed E-state index contributed by atoms with van der Waals surface area (Å²) >= 11 is 0. The van der Waals surface area contributed by atoms with Crippen molar-refractivity contribution in [2.75, 3.05) is 6.54 Å². The van der Waals surface area contributed by atoms with Gasteiger partial charge in [0.25, 0.3) is 0 Å². The second-order valence-corrected chi connectivity index (χ2v) is 3.19. The van der Waals surface area contributed by atoms with Crippen molar-refractivity contribution in [2.45, 2.75) is 39.5 Å². The van der Waals surface area contributed by atoms with Crippen LogP contribution in [0, 0.1) is 11.3 Å². The molecular formula is C11H18N2O. The first-order valence-corrected chi connectivity index (χ1v) is 5.04. The number of allylic oxidation sites excluding steroid dienone is 1. The lowest BCUT2D eigenvalue weighted by Crippen LogP contribution is -2.24. The van der Waals surface area contributed by atoms with E-state index in [1.54, 1.807) is 6.92 Å². The number of nitriles is 1. The Bertz CT molecular complexity index is 238. The number of amides is 1. The fourth-order valence-corrected chi connectivity index (χ4v) is 0.970. The monoisotopic (exact) mass is 194 g/mol. The summed E-state index contributed by atoms with van der Waals surface area (Å²) in [5.74, 6) is 0.00353. The van der Waals surface area contributed by atoms with Crippen molar-refractivity contribution in [2.24, 2.45) is 0 Å². The summed E-state index contributed by atoms with van der Waals surface area (Å²) in [7, 11) is 0. The van der Waals surface area contributed by atoms with E-state index in [0.29, 0.717) is 6.42 Å². The fourth-order valence-electron chi connectivity index (χ4n) is 0.970. The highest BCUT2D eigenvalue weighted by atomic mass is 16.1. The van der Waals surface area contributed by atoms with Crippen LogP contribution in [0.2, 0.25) is 0 Å². The van der Waals surface area contributed by atoms with Crippen LogP contribution in [0.5, 0.6) is 0 Å². The molecule has 3 heteroatoms. The Morgan fingerprint density at radius 1 is 1.57 bits per heavy atom. The van der Waals surface area contributed by atoms with E-state index in [1.807, 2.05) is 13.0 Å². The second-order valence-electron chi connectivity index (χ2n) is 3.19. The maximum Gasteiger partial charge on any atom is 0.246 e. The molecule has 0 radical (unpaired) electrons. The molecule has 0 spiro atoms. The molecule has 0 saturated carbocycles. The van der Waals surface area contributed by atoms with Crippen molar-refractivity contribution in [1.29, 1.82) is 5.26 Å². The molecule has 1 N–H and O–H groups in total. The summed E-state index contributed by atoms with van der Waals surface area (Å²) in [6.07, 6.45) is 5.03. The van der Waals surface area contributed by atoms with Crippen LogP contribution >= 0.6 is 0 Å². The van der Waals surface area contributed by atoms with Gasteiger partial charge in [-0.05, 0) is 26.2 Å². The van der Waals surface area contributed by atoms with E-state index in [1.165, 1.54) is 0 Å². The van der Waals surface area contributed by atoms with Crippen molar-refractivity contribution in [3.63, 3.8) is 0 Å². The van der Waals surface area contributed by atoms with Gasteiger partial charge in [0.15, 0.2) is 0 Å². The summed E-state index contributed by atoms with van der Waals surface area (Å²) < 4.78 is 0. The molecule has 0 atom stereocenters. The summed E-state index contributed by atoms with van der Waals surface area (Å²) in [6.45, 7) is 4.55. The number of carbonyl (C=O) groups is 1. The van der Waals surface area contributed by atoms with Crippen LogP contribution in [0.25, 0.3) is 0 Å². The van der Waals surface area contributed by atoms with Gasteiger partial charge in [0, 0.05) is 18.5 Å². The smallest absolute Gasteiger partial charge is 0.246 e. The van der Waals surface area contributed by atoms with Gasteiger partial charge in [-0.15, -0.1) is 0 Å². The molecule has 0 aliphatic heterocycles. The lowest BCUT2D eigenvalue weighted by atomic mass is 10.2. The van der Waals surface area contributed by atoms with Gasteiger partial charge in [-0.3, -0.25) is 4.79 Å². The molecule has 0 fully saturated rings. The minimum Gasteiger partial charge on any atom is -0.352 e. The predicted octanol–water partition coefficient (Wildman–Crippen LogP) is 2.15. The van der Waals surface area contributed by atoms with Crippen molar-refractivity contribution in [3.05, 3.63) is 11.6 Å². The SMILES string of the molecule is CCCNC(=O)/C(C)=C/CCCC#N. The highest BCUT2D eigenvalue weighted by molar-refractivity contribution is 5.92. The maximum atomic E-state index is 11.3. The molecule has 0 bridgehead atoms. The van der Waals surface area contributed by atoms with Crippen LogP contribution in [-0.2, 0) is 4.79 Å². The molecule has 0 unspecified atom stereocenters. The zero-order valence-corrected chi connectivity index (χ0v) is 8.97. The maximum absolute atomic E-state index is 11.3. The van der Waals surface area contributed by atoms with E-state index < -0.39 is 0 Å². The highest BCUT2D eigenvalue weighted by Crippen LogP contribution is 2.00. The first-order chi connectivity index (χ1) is 6.72. The third kappa shape index (κ3) is 6.24. The van der Waals surface area contributed by atoms with Crippen LogP contribution in [0.1, 0.15) is 39.5 Å². The summed E-state index contributed by atoms with van der Waals surface area (Å²) in [5, 5.41) is 11.1. The zero-order valence-electron chi connectivity index (χ0n) is 8.97. The number of rotatable bonds is 6. The van der Waals surface area contributed by atoms with E-state index in [4.69, 9.17) is 5.26 Å². The van der Waals surface area contributed by atoms with E-state index in [0.717, 1.165) is 31.4 Å². The van der Waals surface area contributed by atoms with Crippen LogP contribution in [0.15, 0.2) is 11.6 Å². The number of nitrogens with zero attached hydrogens (tertiary/aromatic N) is 1. The molecule has 1 amide bonds. The Balaban J connectivity index is 3.74. The van der Waals surface area contributed by atoms with Gasteiger partial charge in [0.05, 0.1) is 6.07 Å². The number of carbonyl (C=O) groups excluding carboxylic acids is 1. The summed E-state index contributed by atoms with van der Waals surface area (Å²) in [5.41, 5.74) is 0.747. The summed E-state index contributed by atoms with van der Waals surface area (Å²) in [6, 6.07) is 2.08. The molecule has 0 aromatic heterocycles. The Kier molecular flexibility index (Phi) is 7.53. The van der Waals surface area contributed by atoms with Gasteiger partial charge in [0.2, 0.25) is 5.91 Å². The molecular weight excluding hydrogens is 176 g/mol. The third-order valence-corrected chi connectivity index (χ3v) is 1.84. The zero-order chi connectivity index (χ0) is 10.8. The van der Waals surface area contributed by atoms with Crippen LogP contribution in [-0.4, -0.2) is 12.5 Å². The number of hydrogen-bond donors (Lipinski definition) is 1. The summed E-state index contributed by atoms with van der Waals surface area (Å²) in [4.78, 5) is 11.3. The molecule has 0 saturated heterocycles. The minimum absolute atomic E-state index is 0.00353. The van der Waals surface area contributed by atoms with E-state index in [2.05, 4.69) is 11.4 Å². The highest BCUT2D eigenvalue weighted by Gasteiger charge is 2.00. The average Bonchev–Trinajstić information content (AvgIpc) is 2.20. The van der Waals surface area contributed by atoms with Crippen molar-refractivity contribution in [1.82, 2.24) is 5.32 Å². The molecule has 0 aromatic carbocycles. The van der Waals surface area contributed by atoms with Crippen LogP contribution < -0.4 is 5.32 Å². The topological polar surface area (TPSA) is 52.9 Å². The molecule has 0 aromatic rings. The lowest BCUT2D eigenvalue weighted by molar-refractivity contribution is -0.117. The quantitative estimate of drug-likeness (QED) is 0.520. The van der Waals surface area contributed by atoms with Gasteiger partial charge >= 0.3 is 0 Å². The first kappa shape index (κ1) is 12.7. The van der Waals surface area contributed by atoms with E-state index in [-0.39, 0.29) is 5.91 Å². The normalized spacial score (nSPS) is 10.8. The van der Waals surface area contributed by atoms with Gasteiger partial charge in [-0.1, -0.05) is 13.0 Å². The van der Waals surface area contributed by atoms with Gasteiger partial charge in [0.1, 0.15) is 0 Å². The fraction of sp³-hybridized carbons (Fsp3) is 0.636. The lowest BCUT2D eigenvalue weighted by Gasteiger charge is -2.02. The van der Waals surface area contributed by atoms with Gasteiger partial charge in [-0.25, -0.2) is 0 Å². The van der Waals surface area contributed by atoms with Crippen molar-refractivity contribution in [3.8, 4) is 6.07 Å². The largest absolute Gasteiger partial charge is 0.352 e. The van der Waals surface area contributed by atoms with E-state index >= 15 is 0 Å². The Morgan fingerprint density at radius 2 is 2.29 bits per heavy atom. The van der Waals surface area contributed by atoms with Gasteiger partial charge in [-0.2, -0.15) is 5.26 Å². The van der Waals surface area contributed by atoms with E-state index in [9.17, 15) is 4.79 Å². The van der Waals surface area contributed by atoms with Crippen LogP contribution in [0.4, 0.5) is 0 Å². The first-order valence-electron chi connectivity index (χ1n) is 5.04. The third-order valence-electron chi connectivity index (χ3n) is 1.84. The Labute approximate surface area is 85.8 Å². The molecule has 78 valence electrons. The van der Waals surface area contributed by atoms with Crippen LogP contribution in [0.3, 0.4) is 0 Å². The number of hydrogen-bond acceptors (Lipinski definition) is 2. The minimum atomic E-state index is 0.00353. The Hall–Kier alpha value is -1.30. The van der Waals surface area contributed by atoms with Crippen molar-refractivity contribution < 1.29 is 4.79 Å². The van der Waals surface area contributed by atoms with Crippen molar-refractivity contribution >= 4 is 5.91 Å². The Morgan fingerprint density at radius 3 is 2.86 bits per heavy atom. The number of unbranched alkanes of at least 4 members (excludes halogenated alkanes) is 2. The molecule has 3 nitrogen and oxygen atoms in total. The molecule has 0 rings (SSSR count). The van der Waals surface area contributed by atoms with Gasteiger partial charge < -0.3 is 5.32 Å². The molecule has 14 heavy (non-hydrogen) atoms. The average molecular weight is 194 g/mol. The molecule has 0 heterocycles. The molecule has 0 aliphatic rings. The predicted molar refractivity (Wildman–Crippen MR) is 56.5 cm³/mol. The molecule has 0 aliphatic carbocycles. The standard InChI is InChI=1S/C11H18N2O/c1-3-9-13-11(14)10(2)7-5-4-6-8-12/h7H,3-6,9H2,1-2H3,(H,13,14)/b10-7+.